The summed E-state index contributed by atoms with van der Waals surface area (Å²) in [6, 6.07) is 12.0. The van der Waals surface area contributed by atoms with Crippen molar-refractivity contribution in [3.63, 3.8) is 0 Å². The van der Waals surface area contributed by atoms with Gasteiger partial charge in [-0.25, -0.2) is 4.39 Å². The number of rotatable bonds is 4. The molecule has 1 unspecified atom stereocenters. The van der Waals surface area contributed by atoms with Crippen LogP contribution in [0.3, 0.4) is 0 Å². The van der Waals surface area contributed by atoms with Gasteiger partial charge in [0.15, 0.2) is 0 Å². The van der Waals surface area contributed by atoms with Crippen LogP contribution in [-0.2, 0) is 0 Å². The first-order valence-corrected chi connectivity index (χ1v) is 7.25. The van der Waals surface area contributed by atoms with Gasteiger partial charge >= 0.3 is 0 Å². The van der Waals surface area contributed by atoms with E-state index in [1.165, 1.54) is 30.0 Å². The highest BCUT2D eigenvalue weighted by Crippen LogP contribution is 2.30. The highest BCUT2D eigenvalue weighted by atomic mass is 35.5. The fraction of sp³-hybridized carbons (Fsp3) is 0.200. The van der Waals surface area contributed by atoms with Crippen molar-refractivity contribution < 1.29 is 9.50 Å². The molecule has 0 aliphatic heterocycles. The van der Waals surface area contributed by atoms with Crippen LogP contribution >= 0.6 is 23.4 Å². The molecule has 100 valence electrons. The van der Waals surface area contributed by atoms with Crippen LogP contribution in [0.1, 0.15) is 17.2 Å². The van der Waals surface area contributed by atoms with Gasteiger partial charge < -0.3 is 5.11 Å². The lowest BCUT2D eigenvalue weighted by molar-refractivity contribution is 0.203. The minimum atomic E-state index is -0.784. The van der Waals surface area contributed by atoms with Crippen molar-refractivity contribution in [3.8, 4) is 0 Å². The number of hydrogen-bond donors (Lipinski definition) is 1. The lowest BCUT2D eigenvalue weighted by atomic mass is 10.1. The maximum absolute atomic E-state index is 13.2. The first-order valence-electron chi connectivity index (χ1n) is 5.89. The molecule has 4 heteroatoms. The van der Waals surface area contributed by atoms with Gasteiger partial charge in [-0.05, 0) is 36.8 Å². The van der Waals surface area contributed by atoms with Gasteiger partial charge in [-0.2, -0.15) is 0 Å². The van der Waals surface area contributed by atoms with Crippen molar-refractivity contribution in [2.45, 2.75) is 17.9 Å². The van der Waals surface area contributed by atoms with E-state index in [0.29, 0.717) is 16.3 Å². The largest absolute Gasteiger partial charge is 0.387 e. The number of aliphatic hydroxyl groups is 1. The van der Waals surface area contributed by atoms with E-state index in [1.807, 2.05) is 31.2 Å². The molecule has 2 rings (SSSR count). The third-order valence-corrected chi connectivity index (χ3v) is 4.40. The number of aliphatic hydroxyl groups excluding tert-OH is 1. The summed E-state index contributed by atoms with van der Waals surface area (Å²) in [7, 11) is 0. The van der Waals surface area contributed by atoms with Gasteiger partial charge in [0.05, 0.1) is 6.10 Å². The summed E-state index contributed by atoms with van der Waals surface area (Å²) in [6.45, 7) is 2.02. The van der Waals surface area contributed by atoms with Crippen LogP contribution in [0, 0.1) is 12.7 Å². The van der Waals surface area contributed by atoms with E-state index in [4.69, 9.17) is 11.6 Å². The van der Waals surface area contributed by atoms with E-state index in [2.05, 4.69) is 0 Å². The van der Waals surface area contributed by atoms with Crippen LogP contribution in [0.5, 0.6) is 0 Å². The van der Waals surface area contributed by atoms with Gasteiger partial charge in [0.25, 0.3) is 0 Å². The Morgan fingerprint density at radius 2 is 2.00 bits per heavy atom. The predicted molar refractivity (Wildman–Crippen MR) is 78.3 cm³/mol. The van der Waals surface area contributed by atoms with E-state index in [9.17, 15) is 9.50 Å². The Morgan fingerprint density at radius 1 is 1.26 bits per heavy atom. The summed E-state index contributed by atoms with van der Waals surface area (Å²) in [6.07, 6.45) is -0.784. The Labute approximate surface area is 121 Å². The summed E-state index contributed by atoms with van der Waals surface area (Å²) in [5, 5.41) is 10.5. The molecular formula is C15H14ClFOS. The smallest absolute Gasteiger partial charge is 0.123 e. The van der Waals surface area contributed by atoms with Crippen LogP contribution < -0.4 is 0 Å². The molecule has 1 N–H and O–H groups in total. The van der Waals surface area contributed by atoms with Crippen molar-refractivity contribution >= 4 is 23.4 Å². The zero-order valence-electron chi connectivity index (χ0n) is 10.4. The normalized spacial score (nSPS) is 12.4. The monoisotopic (exact) mass is 296 g/mol. The summed E-state index contributed by atoms with van der Waals surface area (Å²) in [5.41, 5.74) is 1.59. The molecule has 0 saturated carbocycles. The molecule has 0 heterocycles. The summed E-state index contributed by atoms with van der Waals surface area (Å²) < 4.78 is 13.2. The molecular weight excluding hydrogens is 283 g/mol. The Kier molecular flexibility index (Phi) is 4.86. The third-order valence-electron chi connectivity index (χ3n) is 2.81. The SMILES string of the molecule is Cc1ccccc1SCC(O)c1cc(F)ccc1Cl. The molecule has 19 heavy (non-hydrogen) atoms. The first kappa shape index (κ1) is 14.4. The maximum atomic E-state index is 13.2. The summed E-state index contributed by atoms with van der Waals surface area (Å²) >= 11 is 7.50. The van der Waals surface area contributed by atoms with E-state index in [-0.39, 0.29) is 5.82 Å². The molecule has 0 saturated heterocycles. The quantitative estimate of drug-likeness (QED) is 0.831. The second-order valence-electron chi connectivity index (χ2n) is 4.26. The molecule has 1 nitrogen and oxygen atoms in total. The first-order chi connectivity index (χ1) is 9.08. The molecule has 0 amide bonds. The minimum absolute atomic E-state index is 0.388. The van der Waals surface area contributed by atoms with Crippen LogP contribution in [0.4, 0.5) is 4.39 Å². The van der Waals surface area contributed by atoms with Crippen molar-refractivity contribution in [1.29, 1.82) is 0 Å². The molecule has 0 bridgehead atoms. The van der Waals surface area contributed by atoms with Crippen molar-refractivity contribution in [2.24, 2.45) is 0 Å². The van der Waals surface area contributed by atoms with Gasteiger partial charge in [-0.3, -0.25) is 0 Å². The molecule has 0 aliphatic rings. The Hall–Kier alpha value is -1.03. The van der Waals surface area contributed by atoms with Crippen molar-refractivity contribution in [2.75, 3.05) is 5.75 Å². The molecule has 0 aliphatic carbocycles. The second-order valence-corrected chi connectivity index (χ2v) is 5.73. The van der Waals surface area contributed by atoms with E-state index in [1.54, 1.807) is 0 Å². The zero-order valence-corrected chi connectivity index (χ0v) is 12.0. The standard InChI is InChI=1S/C15H14ClFOS/c1-10-4-2-3-5-15(10)19-9-14(18)12-8-11(17)6-7-13(12)16/h2-8,14,18H,9H2,1H3. The number of benzene rings is 2. The average molecular weight is 297 g/mol. The Balaban J connectivity index is 2.07. The van der Waals surface area contributed by atoms with Gasteiger partial charge in [-0.15, -0.1) is 11.8 Å². The van der Waals surface area contributed by atoms with E-state index < -0.39 is 6.10 Å². The molecule has 0 spiro atoms. The highest BCUT2D eigenvalue weighted by Gasteiger charge is 2.13. The van der Waals surface area contributed by atoms with Crippen LogP contribution in [-0.4, -0.2) is 10.9 Å². The molecule has 2 aromatic rings. The number of hydrogen-bond acceptors (Lipinski definition) is 2. The van der Waals surface area contributed by atoms with Crippen LogP contribution in [0.25, 0.3) is 0 Å². The zero-order chi connectivity index (χ0) is 13.8. The topological polar surface area (TPSA) is 20.2 Å². The fourth-order valence-electron chi connectivity index (χ4n) is 1.75. The highest BCUT2D eigenvalue weighted by molar-refractivity contribution is 7.99. The molecule has 2 aromatic carbocycles. The van der Waals surface area contributed by atoms with E-state index in [0.717, 1.165) is 10.5 Å². The maximum Gasteiger partial charge on any atom is 0.123 e. The molecule has 0 radical (unpaired) electrons. The predicted octanol–water partition coefficient (Wildman–Crippen LogP) is 4.61. The summed E-state index contributed by atoms with van der Waals surface area (Å²) in [5.74, 6) is 0.0490. The lowest BCUT2D eigenvalue weighted by Crippen LogP contribution is -2.02. The number of halogens is 2. The van der Waals surface area contributed by atoms with Gasteiger partial charge in [0, 0.05) is 21.2 Å². The van der Waals surface area contributed by atoms with Crippen molar-refractivity contribution in [1.82, 2.24) is 0 Å². The number of thioether (sulfide) groups is 1. The molecule has 1 atom stereocenters. The van der Waals surface area contributed by atoms with Gasteiger partial charge in [0.1, 0.15) is 5.82 Å². The fourth-order valence-corrected chi connectivity index (χ4v) is 2.98. The summed E-state index contributed by atoms with van der Waals surface area (Å²) in [4.78, 5) is 1.11. The minimum Gasteiger partial charge on any atom is -0.387 e. The second kappa shape index (κ2) is 6.42. The van der Waals surface area contributed by atoms with Crippen molar-refractivity contribution in [3.05, 3.63) is 64.4 Å². The van der Waals surface area contributed by atoms with Crippen LogP contribution in [0.15, 0.2) is 47.4 Å². The number of aryl methyl sites for hydroxylation is 1. The lowest BCUT2D eigenvalue weighted by Gasteiger charge is -2.13. The Bertz CT molecular complexity index is 574. The molecule has 0 fully saturated rings. The van der Waals surface area contributed by atoms with E-state index >= 15 is 0 Å². The Morgan fingerprint density at radius 3 is 2.74 bits per heavy atom. The average Bonchev–Trinajstić information content (AvgIpc) is 2.40. The van der Waals surface area contributed by atoms with Gasteiger partial charge in [0.2, 0.25) is 0 Å². The van der Waals surface area contributed by atoms with Crippen LogP contribution in [0.2, 0.25) is 5.02 Å². The molecule has 0 aromatic heterocycles. The third kappa shape index (κ3) is 3.72. The van der Waals surface area contributed by atoms with Gasteiger partial charge in [-0.1, -0.05) is 29.8 Å².